The molecule has 352 valence electrons. The van der Waals surface area contributed by atoms with E-state index in [1.165, 1.54) is 20.8 Å². The number of carbonyl (C=O) groups excluding carboxylic acids is 3. The molecular weight excluding hydrogens is 808 g/mol. The van der Waals surface area contributed by atoms with Crippen LogP contribution in [0.1, 0.15) is 120 Å². The van der Waals surface area contributed by atoms with Crippen molar-refractivity contribution in [1.82, 2.24) is 0 Å². The standard InChI is InChI=1S/C46H72O16/c1-22-31(51)33(53)35(55)38(57-22)61-36-34(54)32(52)28(20-47)60-39(36)62-40(56)46-16-14-42(6,21-48)18-26(46)25-10-11-30-43(7)19-27(58-23(2)49)37(59-24(3)50)41(4,5)29(43)12-13-45(30,9)44(25,8)15-17-46/h10,22,26-39,47-48,51-55H,11-21H2,1-9H3. The third kappa shape index (κ3) is 7.38. The van der Waals surface area contributed by atoms with Gasteiger partial charge in [-0.3, -0.25) is 14.4 Å². The summed E-state index contributed by atoms with van der Waals surface area (Å²) in [6.45, 7) is 16.7. The van der Waals surface area contributed by atoms with Crippen molar-refractivity contribution in [3.8, 4) is 0 Å². The normalized spacial score (nSPS) is 51.0. The molecular formula is C46H72O16. The molecule has 6 fully saturated rings. The van der Waals surface area contributed by atoms with Crippen molar-refractivity contribution >= 4 is 17.9 Å². The lowest BCUT2D eigenvalue weighted by molar-refractivity contribution is -0.361. The van der Waals surface area contributed by atoms with Gasteiger partial charge in [-0.15, -0.1) is 0 Å². The molecule has 0 aromatic carbocycles. The van der Waals surface area contributed by atoms with E-state index >= 15 is 4.79 Å². The zero-order valence-electron chi connectivity index (χ0n) is 37.8. The summed E-state index contributed by atoms with van der Waals surface area (Å²) in [5.74, 6) is -1.53. The highest BCUT2D eigenvalue weighted by molar-refractivity contribution is 5.79. The molecule has 0 radical (unpaired) electrons. The van der Waals surface area contributed by atoms with Crippen molar-refractivity contribution < 1.29 is 78.6 Å². The molecule has 7 rings (SSSR count). The molecule has 2 heterocycles. The van der Waals surface area contributed by atoms with Crippen molar-refractivity contribution in [2.45, 2.75) is 194 Å². The number of fused-ring (bicyclic) bond motifs is 7. The average Bonchev–Trinajstić information content (AvgIpc) is 3.20. The molecule has 2 aliphatic heterocycles. The predicted molar refractivity (Wildman–Crippen MR) is 218 cm³/mol. The molecule has 0 aromatic rings. The van der Waals surface area contributed by atoms with E-state index in [2.05, 4.69) is 40.7 Å². The van der Waals surface area contributed by atoms with Gasteiger partial charge in [-0.1, -0.05) is 53.2 Å². The van der Waals surface area contributed by atoms with E-state index in [1.54, 1.807) is 0 Å². The van der Waals surface area contributed by atoms with Crippen LogP contribution < -0.4 is 0 Å². The molecule has 62 heavy (non-hydrogen) atoms. The minimum absolute atomic E-state index is 0.0824. The molecule has 0 amide bonds. The maximum Gasteiger partial charge on any atom is 0.315 e. The summed E-state index contributed by atoms with van der Waals surface area (Å²) in [4.78, 5) is 40.1. The van der Waals surface area contributed by atoms with E-state index in [1.807, 2.05) is 6.92 Å². The van der Waals surface area contributed by atoms with Gasteiger partial charge in [0.1, 0.15) is 48.8 Å². The minimum atomic E-state index is -1.79. The highest BCUT2D eigenvalue weighted by atomic mass is 16.8. The van der Waals surface area contributed by atoms with Gasteiger partial charge >= 0.3 is 17.9 Å². The number of ether oxygens (including phenoxy) is 6. The summed E-state index contributed by atoms with van der Waals surface area (Å²) in [7, 11) is 0. The molecule has 16 heteroatoms. The van der Waals surface area contributed by atoms with Gasteiger partial charge < -0.3 is 64.2 Å². The fourth-order valence-corrected chi connectivity index (χ4v) is 14.3. The molecule has 0 bridgehead atoms. The van der Waals surface area contributed by atoms with Crippen LogP contribution >= 0.6 is 0 Å². The van der Waals surface area contributed by atoms with Crippen molar-refractivity contribution in [3.05, 3.63) is 11.6 Å². The fraction of sp³-hybridized carbons (Fsp3) is 0.891. The second kappa shape index (κ2) is 16.6. The second-order valence-electron chi connectivity index (χ2n) is 21.8. The molecule has 2 saturated heterocycles. The SMILES string of the molecule is CC(=O)OC1CC2(C)C(CCC3(C)C2CC=C2C4CC(C)(CO)CCC4(C(=O)OC4OC(CO)C(O)C(O)C4OC4OC(C)C(O)C(O)C4O)CCC23C)C(C)(C)C1OC(C)=O. The van der Waals surface area contributed by atoms with Gasteiger partial charge in [0.05, 0.1) is 18.1 Å². The molecule has 7 aliphatic rings. The lowest BCUT2D eigenvalue weighted by atomic mass is 9.33. The summed E-state index contributed by atoms with van der Waals surface area (Å²) < 4.78 is 35.7. The molecule has 7 N–H and O–H groups in total. The van der Waals surface area contributed by atoms with E-state index in [0.29, 0.717) is 44.9 Å². The summed E-state index contributed by atoms with van der Waals surface area (Å²) >= 11 is 0. The van der Waals surface area contributed by atoms with E-state index in [4.69, 9.17) is 28.4 Å². The van der Waals surface area contributed by atoms with Crippen molar-refractivity contribution in [1.29, 1.82) is 0 Å². The van der Waals surface area contributed by atoms with E-state index in [0.717, 1.165) is 18.4 Å². The Kier molecular flexibility index (Phi) is 12.7. The van der Waals surface area contributed by atoms with E-state index < -0.39 is 120 Å². The first-order valence-electron chi connectivity index (χ1n) is 22.7. The first-order chi connectivity index (χ1) is 28.8. The van der Waals surface area contributed by atoms with Gasteiger partial charge in [0, 0.05) is 25.9 Å². The maximum atomic E-state index is 15.2. The summed E-state index contributed by atoms with van der Waals surface area (Å²) in [6.07, 6.45) is -9.11. The number of rotatable bonds is 8. The second-order valence-corrected chi connectivity index (χ2v) is 21.8. The van der Waals surface area contributed by atoms with Gasteiger partial charge in [0.25, 0.3) is 0 Å². The van der Waals surface area contributed by atoms with Crippen LogP contribution in [0.4, 0.5) is 0 Å². The summed E-state index contributed by atoms with van der Waals surface area (Å²) in [6, 6.07) is 0. The summed E-state index contributed by atoms with van der Waals surface area (Å²) in [5.41, 5.74) is -1.94. The Balaban J connectivity index is 1.23. The van der Waals surface area contributed by atoms with Crippen LogP contribution in [0.2, 0.25) is 0 Å². The number of carbonyl (C=O) groups is 3. The average molecular weight is 881 g/mol. The number of aliphatic hydroxyl groups is 7. The fourth-order valence-electron chi connectivity index (χ4n) is 14.3. The van der Waals surface area contributed by atoms with E-state index in [9.17, 15) is 45.3 Å². The Hall–Kier alpha value is -2.25. The monoisotopic (exact) mass is 880 g/mol. The molecule has 20 atom stereocenters. The van der Waals surface area contributed by atoms with Crippen LogP contribution in [0.5, 0.6) is 0 Å². The zero-order chi connectivity index (χ0) is 45.7. The van der Waals surface area contributed by atoms with Crippen LogP contribution in [0, 0.1) is 50.2 Å². The maximum absolute atomic E-state index is 15.2. The number of esters is 3. The van der Waals surface area contributed by atoms with Crippen molar-refractivity contribution in [2.75, 3.05) is 13.2 Å². The van der Waals surface area contributed by atoms with Gasteiger partial charge in [-0.2, -0.15) is 0 Å². The first kappa shape index (κ1) is 47.7. The molecule has 20 unspecified atom stereocenters. The van der Waals surface area contributed by atoms with Gasteiger partial charge in [0.15, 0.2) is 12.4 Å². The molecule has 5 aliphatic carbocycles. The molecule has 0 aromatic heterocycles. The minimum Gasteiger partial charge on any atom is -0.459 e. The van der Waals surface area contributed by atoms with Crippen LogP contribution in [0.3, 0.4) is 0 Å². The van der Waals surface area contributed by atoms with Gasteiger partial charge in [-0.25, -0.2) is 0 Å². The van der Waals surface area contributed by atoms with Gasteiger partial charge in [0.2, 0.25) is 6.29 Å². The van der Waals surface area contributed by atoms with Crippen LogP contribution in [0.15, 0.2) is 11.6 Å². The Bertz CT molecular complexity index is 1750. The highest BCUT2D eigenvalue weighted by Gasteiger charge is 2.71. The van der Waals surface area contributed by atoms with Crippen LogP contribution in [-0.4, -0.2) is 140 Å². The Morgan fingerprint density at radius 1 is 0.742 bits per heavy atom. The van der Waals surface area contributed by atoms with Crippen molar-refractivity contribution in [2.24, 2.45) is 50.2 Å². The topological polar surface area (TPSA) is 248 Å². The third-order valence-corrected chi connectivity index (χ3v) is 17.9. The number of hydrogen-bond donors (Lipinski definition) is 7. The quantitative estimate of drug-likeness (QED) is 0.105. The van der Waals surface area contributed by atoms with Gasteiger partial charge in [-0.05, 0) is 104 Å². The number of hydrogen-bond acceptors (Lipinski definition) is 16. The van der Waals surface area contributed by atoms with Crippen LogP contribution in [-0.2, 0) is 42.8 Å². The molecule has 0 spiro atoms. The smallest absolute Gasteiger partial charge is 0.315 e. The largest absolute Gasteiger partial charge is 0.459 e. The molecule has 16 nitrogen and oxygen atoms in total. The first-order valence-corrected chi connectivity index (χ1v) is 22.7. The predicted octanol–water partition coefficient (Wildman–Crippen LogP) is 2.43. The number of allylic oxidation sites excluding steroid dienone is 2. The number of aliphatic hydroxyl groups excluding tert-OH is 7. The Morgan fingerprint density at radius 3 is 2.03 bits per heavy atom. The van der Waals surface area contributed by atoms with E-state index in [-0.39, 0.29) is 35.2 Å². The Labute approximate surface area is 364 Å². The lowest BCUT2D eigenvalue weighted by Crippen LogP contribution is -2.68. The lowest BCUT2D eigenvalue weighted by Gasteiger charge is -2.71. The Morgan fingerprint density at radius 2 is 1.40 bits per heavy atom. The third-order valence-electron chi connectivity index (χ3n) is 17.9. The highest BCUT2D eigenvalue weighted by Crippen LogP contribution is 2.76. The molecule has 4 saturated carbocycles. The zero-order valence-corrected chi connectivity index (χ0v) is 37.8. The van der Waals surface area contributed by atoms with Crippen LogP contribution in [0.25, 0.3) is 0 Å². The van der Waals surface area contributed by atoms with Crippen molar-refractivity contribution in [3.63, 3.8) is 0 Å². The summed E-state index contributed by atoms with van der Waals surface area (Å²) in [5, 5.41) is 74.7.